The van der Waals surface area contributed by atoms with Gasteiger partial charge in [0.2, 0.25) is 11.8 Å². The van der Waals surface area contributed by atoms with Crippen LogP contribution in [-0.2, 0) is 19.2 Å². The average molecular weight is 562 g/mol. The molecule has 2 unspecified atom stereocenters. The van der Waals surface area contributed by atoms with Gasteiger partial charge in [0.25, 0.3) is 5.91 Å². The molecule has 13 heteroatoms. The molecule has 2 saturated heterocycles. The molecule has 4 heterocycles. The summed E-state index contributed by atoms with van der Waals surface area (Å²) in [4.78, 5) is 68.2. The fourth-order valence-electron chi connectivity index (χ4n) is 5.20. The first-order valence-electron chi connectivity index (χ1n) is 12.4. The summed E-state index contributed by atoms with van der Waals surface area (Å²) in [6.45, 7) is 2.71. The van der Waals surface area contributed by atoms with Crippen molar-refractivity contribution < 1.29 is 33.8 Å². The van der Waals surface area contributed by atoms with Gasteiger partial charge in [-0.05, 0) is 43.9 Å². The number of carboxylic acids is 1. The van der Waals surface area contributed by atoms with Crippen LogP contribution in [0.15, 0.2) is 28.0 Å². The topological polar surface area (TPSA) is 146 Å². The molecule has 3 amide bonds. The molecular formula is C25H27N3O8S2. The average Bonchev–Trinajstić information content (AvgIpc) is 3.38. The summed E-state index contributed by atoms with van der Waals surface area (Å²) < 4.78 is 11.6. The number of nitrogens with zero attached hydrogens (tertiary/aromatic N) is 2. The summed E-state index contributed by atoms with van der Waals surface area (Å²) in [5.74, 6) is -3.37. The Bertz CT molecular complexity index is 1330. The summed E-state index contributed by atoms with van der Waals surface area (Å²) in [7, 11) is 0. The number of thiazole rings is 1. The van der Waals surface area contributed by atoms with E-state index >= 15 is 0 Å². The number of rotatable bonds is 8. The van der Waals surface area contributed by atoms with Crippen LogP contribution in [-0.4, -0.2) is 81.7 Å². The normalized spacial score (nSPS) is 22.7. The van der Waals surface area contributed by atoms with E-state index in [1.807, 2.05) is 6.92 Å². The minimum absolute atomic E-state index is 0.0984. The number of likely N-dealkylation sites (tertiary alicyclic amines) is 2. The second-order valence-corrected chi connectivity index (χ2v) is 11.4. The number of ether oxygens (including phenoxy) is 2. The molecule has 11 nitrogen and oxygen atoms in total. The number of benzene rings is 1. The monoisotopic (exact) mass is 561 g/mol. The van der Waals surface area contributed by atoms with Crippen LogP contribution in [0.5, 0.6) is 11.5 Å². The number of carbonyl (C=O) groups excluding carboxylic acids is 3. The highest BCUT2D eigenvalue weighted by atomic mass is 32.2. The van der Waals surface area contributed by atoms with Gasteiger partial charge in [0, 0.05) is 23.9 Å². The number of thioether (sulfide) groups is 1. The van der Waals surface area contributed by atoms with Crippen molar-refractivity contribution in [1.29, 1.82) is 0 Å². The fraction of sp³-hybridized carbons (Fsp3) is 0.480. The molecular weight excluding hydrogens is 534 g/mol. The number of aliphatic carboxylic acids is 1. The van der Waals surface area contributed by atoms with E-state index in [4.69, 9.17) is 9.47 Å². The number of aromatic nitrogens is 1. The number of aromatic amines is 1. The predicted octanol–water partition coefficient (Wildman–Crippen LogP) is 1.90. The lowest BCUT2D eigenvalue weighted by molar-refractivity contribution is -0.149. The van der Waals surface area contributed by atoms with E-state index in [9.17, 15) is 29.1 Å². The Morgan fingerprint density at radius 1 is 1.08 bits per heavy atom. The van der Waals surface area contributed by atoms with Gasteiger partial charge in [-0.25, -0.2) is 0 Å². The molecule has 0 spiro atoms. The second kappa shape index (κ2) is 10.8. The Morgan fingerprint density at radius 3 is 2.55 bits per heavy atom. The van der Waals surface area contributed by atoms with Gasteiger partial charge >= 0.3 is 10.8 Å². The van der Waals surface area contributed by atoms with Crippen LogP contribution in [0, 0.1) is 5.92 Å². The molecule has 3 aliphatic rings. The van der Waals surface area contributed by atoms with Gasteiger partial charge in [-0.1, -0.05) is 29.2 Å². The Kier molecular flexibility index (Phi) is 7.48. The standard InChI is InChI=1S/C25H27N3O8S2/c1-2-35-15-10-13(6-7-14(15)36-12-16(29)27-8-4-3-5-9-27)18-19-21(37-22-20(18)38-25(34)26-22)24(33)28(23(19)32)11-17(30)31/h6-7,10,18-19,21H,2-5,8-9,11-12H2,1H3,(H,26,34)(H,30,31)/t18-,19?,21?/m1/s1. The van der Waals surface area contributed by atoms with E-state index < -0.39 is 41.4 Å². The Hall–Kier alpha value is -3.32. The number of hydrogen-bond acceptors (Lipinski definition) is 9. The molecule has 0 saturated carbocycles. The largest absolute Gasteiger partial charge is 0.490 e. The molecule has 0 radical (unpaired) electrons. The molecule has 3 atom stereocenters. The number of fused-ring (bicyclic) bond motifs is 2. The Balaban J connectivity index is 1.47. The lowest BCUT2D eigenvalue weighted by Crippen LogP contribution is -2.38. The van der Waals surface area contributed by atoms with Crippen molar-refractivity contribution >= 4 is 46.8 Å². The number of imide groups is 1. The molecule has 38 heavy (non-hydrogen) atoms. The van der Waals surface area contributed by atoms with Crippen LogP contribution in [0.2, 0.25) is 0 Å². The lowest BCUT2D eigenvalue weighted by Gasteiger charge is -2.30. The second-order valence-electron chi connectivity index (χ2n) is 9.28. The molecule has 2 aromatic rings. The van der Waals surface area contributed by atoms with Crippen LogP contribution in [0.1, 0.15) is 42.5 Å². The van der Waals surface area contributed by atoms with Crippen molar-refractivity contribution in [2.24, 2.45) is 5.92 Å². The van der Waals surface area contributed by atoms with Crippen molar-refractivity contribution in [3.63, 3.8) is 0 Å². The van der Waals surface area contributed by atoms with Gasteiger partial charge in [0.05, 0.1) is 17.6 Å². The number of piperidine rings is 1. The molecule has 5 rings (SSSR count). The van der Waals surface area contributed by atoms with Gasteiger partial charge < -0.3 is 24.5 Å². The van der Waals surface area contributed by atoms with Crippen molar-refractivity contribution in [3.05, 3.63) is 38.3 Å². The minimum atomic E-state index is -1.28. The van der Waals surface area contributed by atoms with Crippen LogP contribution in [0.3, 0.4) is 0 Å². The van der Waals surface area contributed by atoms with Gasteiger partial charge in [0.1, 0.15) is 11.8 Å². The summed E-state index contributed by atoms with van der Waals surface area (Å²) in [5, 5.41) is 8.87. The van der Waals surface area contributed by atoms with Crippen LogP contribution in [0.4, 0.5) is 0 Å². The summed E-state index contributed by atoms with van der Waals surface area (Å²) in [5.41, 5.74) is 0.619. The maximum absolute atomic E-state index is 13.3. The van der Waals surface area contributed by atoms with Gasteiger partial charge in [-0.15, -0.1) is 0 Å². The number of hydrogen-bond donors (Lipinski definition) is 2. The highest BCUT2D eigenvalue weighted by Crippen LogP contribution is 2.53. The third-order valence-electron chi connectivity index (χ3n) is 6.90. The number of carbonyl (C=O) groups is 4. The summed E-state index contributed by atoms with van der Waals surface area (Å²) in [6.07, 6.45) is 3.07. The quantitative estimate of drug-likeness (QED) is 0.461. The van der Waals surface area contributed by atoms with E-state index in [1.165, 1.54) is 0 Å². The molecule has 1 aromatic carbocycles. The first kappa shape index (κ1) is 26.3. The minimum Gasteiger partial charge on any atom is -0.490 e. The molecule has 1 aromatic heterocycles. The van der Waals surface area contributed by atoms with Gasteiger partial charge in [-0.3, -0.25) is 28.9 Å². The van der Waals surface area contributed by atoms with Gasteiger partial charge in [0.15, 0.2) is 18.1 Å². The van der Waals surface area contributed by atoms with Crippen molar-refractivity contribution in [2.75, 3.05) is 32.8 Å². The molecule has 202 valence electrons. The van der Waals surface area contributed by atoms with E-state index in [1.54, 1.807) is 23.1 Å². The molecule has 2 N–H and O–H groups in total. The van der Waals surface area contributed by atoms with E-state index in [-0.39, 0.29) is 17.4 Å². The van der Waals surface area contributed by atoms with E-state index in [0.717, 1.165) is 60.4 Å². The third kappa shape index (κ3) is 4.92. The first-order chi connectivity index (χ1) is 18.3. The predicted molar refractivity (Wildman–Crippen MR) is 138 cm³/mol. The van der Waals surface area contributed by atoms with Crippen molar-refractivity contribution in [1.82, 2.24) is 14.8 Å². The Labute approximate surface area is 226 Å². The highest BCUT2D eigenvalue weighted by Gasteiger charge is 2.56. The van der Waals surface area contributed by atoms with Crippen molar-refractivity contribution in [2.45, 2.75) is 42.4 Å². The van der Waals surface area contributed by atoms with Crippen LogP contribution < -0.4 is 14.3 Å². The highest BCUT2D eigenvalue weighted by molar-refractivity contribution is 8.00. The number of nitrogens with one attached hydrogen (secondary N) is 1. The summed E-state index contributed by atoms with van der Waals surface area (Å²) in [6, 6.07) is 5.09. The first-order valence-corrected chi connectivity index (χ1v) is 14.1. The SMILES string of the molecule is CCOc1cc([C@H]2c3sc(=O)[nH]c3SC3C(=O)N(CC(=O)O)C(=O)C32)ccc1OCC(=O)N1CCCCC1. The summed E-state index contributed by atoms with van der Waals surface area (Å²) >= 11 is 2.05. The van der Waals surface area contributed by atoms with Crippen LogP contribution in [0.25, 0.3) is 0 Å². The molecule has 0 aliphatic carbocycles. The van der Waals surface area contributed by atoms with Crippen LogP contribution >= 0.6 is 23.1 Å². The molecule has 0 bridgehead atoms. The lowest BCUT2D eigenvalue weighted by atomic mass is 9.83. The van der Waals surface area contributed by atoms with Gasteiger partial charge in [-0.2, -0.15) is 0 Å². The smallest absolute Gasteiger partial charge is 0.323 e. The zero-order valence-electron chi connectivity index (χ0n) is 20.6. The van der Waals surface area contributed by atoms with E-state index in [0.29, 0.717) is 33.6 Å². The Morgan fingerprint density at radius 2 is 1.84 bits per heavy atom. The maximum atomic E-state index is 13.3. The number of H-pyrrole nitrogens is 1. The zero-order chi connectivity index (χ0) is 27.0. The zero-order valence-corrected chi connectivity index (χ0v) is 22.3. The third-order valence-corrected chi connectivity index (χ3v) is 9.30. The number of amides is 3. The molecule has 2 fully saturated rings. The fourth-order valence-corrected chi connectivity index (χ4v) is 7.74. The maximum Gasteiger partial charge on any atom is 0.323 e. The van der Waals surface area contributed by atoms with Crippen molar-refractivity contribution in [3.8, 4) is 11.5 Å². The molecule has 3 aliphatic heterocycles. The van der Waals surface area contributed by atoms with E-state index in [2.05, 4.69) is 4.98 Å². The number of carboxylic acid groups (broad SMARTS) is 1.